The molecule has 2 aromatic heterocycles. The van der Waals surface area contributed by atoms with Gasteiger partial charge >= 0.3 is 0 Å². The smallest absolute Gasteiger partial charge is 0.289 e. The van der Waals surface area contributed by atoms with E-state index in [0.717, 1.165) is 27.7 Å². The molecule has 0 N–H and O–H groups in total. The molecule has 0 atom stereocenters. The van der Waals surface area contributed by atoms with E-state index in [1.165, 1.54) is 6.26 Å². The van der Waals surface area contributed by atoms with E-state index in [4.69, 9.17) is 13.6 Å². The highest BCUT2D eigenvalue weighted by Gasteiger charge is 2.25. The van der Waals surface area contributed by atoms with Crippen molar-refractivity contribution in [1.82, 2.24) is 9.80 Å². The Labute approximate surface area is 180 Å². The number of furan rings is 2. The Morgan fingerprint density at radius 3 is 2.55 bits per heavy atom. The number of nitrogens with zero attached hydrogens (tertiary/aromatic N) is 2. The van der Waals surface area contributed by atoms with E-state index >= 15 is 0 Å². The number of carbonyl (C=O) groups is 2. The van der Waals surface area contributed by atoms with Gasteiger partial charge in [-0.05, 0) is 50.1 Å². The monoisotopic (exact) mass is 422 g/mol. The first kappa shape index (κ1) is 20.8. The fourth-order valence-electron chi connectivity index (χ4n) is 3.81. The Kier molecular flexibility index (Phi) is 5.84. The van der Waals surface area contributed by atoms with Crippen LogP contribution in [0.5, 0.6) is 5.75 Å². The normalized spacial score (nSPS) is 14.9. The fraction of sp³-hybridized carbons (Fsp3) is 0.333. The van der Waals surface area contributed by atoms with Crippen molar-refractivity contribution in [3.05, 3.63) is 59.8 Å². The van der Waals surface area contributed by atoms with Crippen molar-refractivity contribution in [2.24, 2.45) is 0 Å². The molecule has 1 aromatic carbocycles. The van der Waals surface area contributed by atoms with Crippen molar-refractivity contribution in [3.63, 3.8) is 0 Å². The van der Waals surface area contributed by atoms with Gasteiger partial charge < -0.3 is 23.4 Å². The van der Waals surface area contributed by atoms with Crippen LogP contribution >= 0.6 is 0 Å². The van der Waals surface area contributed by atoms with Gasteiger partial charge in [0, 0.05) is 49.3 Å². The summed E-state index contributed by atoms with van der Waals surface area (Å²) in [6.45, 7) is 8.25. The number of fused-ring (bicyclic) bond motifs is 1. The van der Waals surface area contributed by atoms with E-state index in [1.54, 1.807) is 34.3 Å². The molecule has 7 nitrogen and oxygen atoms in total. The van der Waals surface area contributed by atoms with Crippen LogP contribution in [-0.4, -0.2) is 54.4 Å². The van der Waals surface area contributed by atoms with E-state index in [-0.39, 0.29) is 11.8 Å². The molecular formula is C24H26N2O5. The minimum absolute atomic E-state index is 0.0749. The average Bonchev–Trinajstić information content (AvgIpc) is 3.43. The van der Waals surface area contributed by atoms with Gasteiger partial charge in [0.2, 0.25) is 5.91 Å². The zero-order chi connectivity index (χ0) is 22.0. The largest absolute Gasteiger partial charge is 0.493 e. The SMILES string of the molecule is CCOc1cc2occ(C)c2cc1/C(C)=C/C(=O)N1CCN(C(=O)c2ccco2)CC1. The van der Waals surface area contributed by atoms with Crippen LogP contribution in [-0.2, 0) is 4.79 Å². The van der Waals surface area contributed by atoms with Gasteiger partial charge in [-0.1, -0.05) is 0 Å². The first-order valence-electron chi connectivity index (χ1n) is 10.4. The first-order valence-corrected chi connectivity index (χ1v) is 10.4. The van der Waals surface area contributed by atoms with Crippen molar-refractivity contribution in [1.29, 1.82) is 0 Å². The zero-order valence-corrected chi connectivity index (χ0v) is 18.0. The Morgan fingerprint density at radius 2 is 1.87 bits per heavy atom. The Bertz CT molecular complexity index is 1120. The third-order valence-corrected chi connectivity index (χ3v) is 5.54. The van der Waals surface area contributed by atoms with Crippen LogP contribution in [0.25, 0.3) is 16.5 Å². The lowest BCUT2D eigenvalue weighted by Gasteiger charge is -2.33. The molecular weight excluding hydrogens is 396 g/mol. The van der Waals surface area contributed by atoms with Gasteiger partial charge in [-0.2, -0.15) is 0 Å². The van der Waals surface area contributed by atoms with Crippen LogP contribution in [0.2, 0.25) is 0 Å². The zero-order valence-electron chi connectivity index (χ0n) is 18.0. The molecule has 4 rings (SSSR count). The molecule has 1 fully saturated rings. The lowest BCUT2D eigenvalue weighted by atomic mass is 10.0. The second-order valence-electron chi connectivity index (χ2n) is 7.62. The lowest BCUT2D eigenvalue weighted by Crippen LogP contribution is -2.50. The molecule has 0 spiro atoms. The van der Waals surface area contributed by atoms with Crippen LogP contribution in [0, 0.1) is 6.92 Å². The Morgan fingerprint density at radius 1 is 1.13 bits per heavy atom. The molecule has 1 aliphatic rings. The average molecular weight is 422 g/mol. The van der Waals surface area contributed by atoms with Crippen molar-refractivity contribution in [3.8, 4) is 5.75 Å². The number of aryl methyl sites for hydroxylation is 1. The summed E-state index contributed by atoms with van der Waals surface area (Å²) in [5.74, 6) is 0.798. The van der Waals surface area contributed by atoms with Crippen molar-refractivity contribution < 1.29 is 23.2 Å². The van der Waals surface area contributed by atoms with Gasteiger partial charge in [0.05, 0.1) is 19.1 Å². The number of benzene rings is 1. The highest BCUT2D eigenvalue weighted by atomic mass is 16.5. The maximum atomic E-state index is 12.9. The van der Waals surface area contributed by atoms with Gasteiger partial charge in [-0.25, -0.2) is 0 Å². The molecule has 0 radical (unpaired) electrons. The van der Waals surface area contributed by atoms with Gasteiger partial charge in [-0.3, -0.25) is 9.59 Å². The summed E-state index contributed by atoms with van der Waals surface area (Å²) in [4.78, 5) is 28.8. The number of amides is 2. The summed E-state index contributed by atoms with van der Waals surface area (Å²) in [5, 5.41) is 1.00. The Balaban J connectivity index is 1.49. The molecule has 0 aliphatic carbocycles. The molecule has 0 bridgehead atoms. The Hall–Kier alpha value is -3.48. The summed E-state index contributed by atoms with van der Waals surface area (Å²) in [5.41, 5.74) is 3.50. The molecule has 1 saturated heterocycles. The highest BCUT2D eigenvalue weighted by Crippen LogP contribution is 2.33. The number of carbonyl (C=O) groups excluding carboxylic acids is 2. The maximum Gasteiger partial charge on any atom is 0.289 e. The quantitative estimate of drug-likeness (QED) is 0.578. The number of ether oxygens (including phenoxy) is 1. The first-order chi connectivity index (χ1) is 15.0. The van der Waals surface area contributed by atoms with Crippen LogP contribution in [0.4, 0.5) is 0 Å². The number of allylic oxidation sites excluding steroid dienone is 1. The van der Waals surface area contributed by atoms with E-state index in [2.05, 4.69) is 0 Å². The second kappa shape index (κ2) is 8.71. The molecule has 7 heteroatoms. The van der Waals surface area contributed by atoms with Gasteiger partial charge in [0.15, 0.2) is 5.76 Å². The molecule has 162 valence electrons. The summed E-state index contributed by atoms with van der Waals surface area (Å²) in [7, 11) is 0. The highest BCUT2D eigenvalue weighted by molar-refractivity contribution is 5.97. The van der Waals surface area contributed by atoms with Gasteiger partial charge in [0.1, 0.15) is 11.3 Å². The number of hydrogen-bond donors (Lipinski definition) is 0. The molecule has 31 heavy (non-hydrogen) atoms. The topological polar surface area (TPSA) is 76.1 Å². The predicted molar refractivity (Wildman–Crippen MR) is 117 cm³/mol. The summed E-state index contributed by atoms with van der Waals surface area (Å²) in [6, 6.07) is 7.24. The lowest BCUT2D eigenvalue weighted by molar-refractivity contribution is -0.127. The van der Waals surface area contributed by atoms with Crippen LogP contribution in [0.3, 0.4) is 0 Å². The molecule has 1 aliphatic heterocycles. The molecule has 2 amide bonds. The van der Waals surface area contributed by atoms with Crippen molar-refractivity contribution in [2.75, 3.05) is 32.8 Å². The van der Waals surface area contributed by atoms with E-state index in [1.807, 2.05) is 32.9 Å². The van der Waals surface area contributed by atoms with Crippen LogP contribution < -0.4 is 4.74 Å². The van der Waals surface area contributed by atoms with Gasteiger partial charge in [-0.15, -0.1) is 0 Å². The maximum absolute atomic E-state index is 12.9. The van der Waals surface area contributed by atoms with E-state index in [9.17, 15) is 9.59 Å². The summed E-state index contributed by atoms with van der Waals surface area (Å²) >= 11 is 0. The van der Waals surface area contributed by atoms with Crippen molar-refractivity contribution in [2.45, 2.75) is 20.8 Å². The molecule has 3 heterocycles. The molecule has 0 saturated carbocycles. The number of hydrogen-bond acceptors (Lipinski definition) is 5. The van der Waals surface area contributed by atoms with Crippen LogP contribution in [0.1, 0.15) is 35.5 Å². The van der Waals surface area contributed by atoms with E-state index in [0.29, 0.717) is 44.3 Å². The minimum atomic E-state index is -0.144. The predicted octanol–water partition coefficient (Wildman–Crippen LogP) is 4.12. The summed E-state index contributed by atoms with van der Waals surface area (Å²) < 4.78 is 16.6. The third-order valence-electron chi connectivity index (χ3n) is 5.54. The molecule has 0 unspecified atom stereocenters. The fourth-order valence-corrected chi connectivity index (χ4v) is 3.81. The number of rotatable bonds is 5. The van der Waals surface area contributed by atoms with Gasteiger partial charge in [0.25, 0.3) is 5.91 Å². The van der Waals surface area contributed by atoms with Crippen molar-refractivity contribution >= 4 is 28.4 Å². The minimum Gasteiger partial charge on any atom is -0.493 e. The second-order valence-corrected chi connectivity index (χ2v) is 7.62. The summed E-state index contributed by atoms with van der Waals surface area (Å²) in [6.07, 6.45) is 4.85. The van der Waals surface area contributed by atoms with Crippen LogP contribution in [0.15, 0.2) is 51.7 Å². The molecule has 3 aromatic rings. The standard InChI is InChI=1S/C24H26N2O5/c1-4-29-21-14-22-19(17(3)15-31-22)13-18(21)16(2)12-23(27)25-7-9-26(10-8-25)24(28)20-6-5-11-30-20/h5-6,11-15H,4,7-10H2,1-3H3/b16-12+. The third kappa shape index (κ3) is 4.21. The number of piperazine rings is 1. The van der Waals surface area contributed by atoms with E-state index < -0.39 is 0 Å².